The Bertz CT molecular complexity index is 298. The molecular weight excluding hydrogens is 182 g/mol. The van der Waals surface area contributed by atoms with Gasteiger partial charge in [0.15, 0.2) is 0 Å². The summed E-state index contributed by atoms with van der Waals surface area (Å²) >= 11 is 0. The second kappa shape index (κ2) is 3.97. The second-order valence-electron chi connectivity index (χ2n) is 2.36. The van der Waals surface area contributed by atoms with Crippen LogP contribution < -0.4 is 4.74 Å². The van der Waals surface area contributed by atoms with Crippen molar-refractivity contribution in [3.8, 4) is 5.88 Å². The third-order valence-corrected chi connectivity index (χ3v) is 1.19. The van der Waals surface area contributed by atoms with Gasteiger partial charge in [-0.3, -0.25) is 9.48 Å². The van der Waals surface area contributed by atoms with E-state index in [2.05, 4.69) is 9.84 Å². The van der Waals surface area contributed by atoms with Gasteiger partial charge >= 0.3 is 5.97 Å². The average molecular weight is 190 g/mol. The molecule has 1 aromatic heterocycles. The van der Waals surface area contributed by atoms with Crippen LogP contribution in [0.5, 0.6) is 5.88 Å². The molecule has 0 aliphatic heterocycles. The molecule has 0 atom stereocenters. The number of esters is 1. The minimum Gasteiger partial charge on any atom is -0.406 e. The van der Waals surface area contributed by atoms with Crippen molar-refractivity contribution >= 4 is 5.97 Å². The Balaban J connectivity index is 2.58. The number of alkyl halides is 2. The first-order chi connectivity index (χ1) is 6.08. The van der Waals surface area contributed by atoms with E-state index in [-0.39, 0.29) is 5.88 Å². The number of hydrogen-bond acceptors (Lipinski definition) is 3. The van der Waals surface area contributed by atoms with Crippen LogP contribution in [0.4, 0.5) is 8.78 Å². The van der Waals surface area contributed by atoms with Gasteiger partial charge in [0.25, 0.3) is 6.43 Å². The Morgan fingerprint density at radius 2 is 2.46 bits per heavy atom. The highest BCUT2D eigenvalue weighted by Gasteiger charge is 2.07. The van der Waals surface area contributed by atoms with E-state index < -0.39 is 18.9 Å². The Morgan fingerprint density at radius 1 is 1.77 bits per heavy atom. The van der Waals surface area contributed by atoms with Crippen LogP contribution in [0.1, 0.15) is 6.92 Å². The number of ether oxygens (including phenoxy) is 1. The standard InChI is InChI=1S/C7H8F2N2O2/c1-5(12)13-7-2-3-11(10-7)4-6(8)9/h2-3,6H,4H2,1H3. The van der Waals surface area contributed by atoms with Crippen LogP contribution >= 0.6 is 0 Å². The molecule has 0 radical (unpaired) electrons. The van der Waals surface area contributed by atoms with E-state index in [0.717, 1.165) is 4.68 Å². The molecule has 0 unspecified atom stereocenters. The Kier molecular flexibility index (Phi) is 2.94. The van der Waals surface area contributed by atoms with Gasteiger partial charge in [0, 0.05) is 19.2 Å². The smallest absolute Gasteiger partial charge is 0.309 e. The number of hydrogen-bond donors (Lipinski definition) is 0. The minimum absolute atomic E-state index is 0.0353. The lowest BCUT2D eigenvalue weighted by Crippen LogP contribution is -2.08. The maximum absolute atomic E-state index is 11.8. The van der Waals surface area contributed by atoms with Gasteiger partial charge < -0.3 is 4.74 Å². The van der Waals surface area contributed by atoms with E-state index in [1.165, 1.54) is 19.2 Å². The number of nitrogens with zero attached hydrogens (tertiary/aromatic N) is 2. The van der Waals surface area contributed by atoms with Gasteiger partial charge in [-0.1, -0.05) is 0 Å². The van der Waals surface area contributed by atoms with Crippen molar-refractivity contribution in [1.82, 2.24) is 9.78 Å². The lowest BCUT2D eigenvalue weighted by molar-refractivity contribution is -0.132. The maximum atomic E-state index is 11.8. The molecule has 72 valence electrons. The van der Waals surface area contributed by atoms with Crippen LogP contribution in [0.15, 0.2) is 12.3 Å². The summed E-state index contributed by atoms with van der Waals surface area (Å²) in [7, 11) is 0. The topological polar surface area (TPSA) is 44.1 Å². The highest BCUT2D eigenvalue weighted by atomic mass is 19.3. The van der Waals surface area contributed by atoms with Gasteiger partial charge in [0.2, 0.25) is 5.88 Å². The summed E-state index contributed by atoms with van der Waals surface area (Å²) in [6.45, 7) is 0.716. The molecule has 0 saturated carbocycles. The summed E-state index contributed by atoms with van der Waals surface area (Å²) in [6.07, 6.45) is -1.14. The van der Waals surface area contributed by atoms with Crippen molar-refractivity contribution in [3.05, 3.63) is 12.3 Å². The monoisotopic (exact) mass is 190 g/mol. The third kappa shape index (κ3) is 3.18. The van der Waals surface area contributed by atoms with Gasteiger partial charge in [-0.15, -0.1) is 5.10 Å². The minimum atomic E-state index is -2.47. The molecule has 4 nitrogen and oxygen atoms in total. The Hall–Kier alpha value is -1.46. The summed E-state index contributed by atoms with van der Waals surface area (Å²) in [5.41, 5.74) is 0. The van der Waals surface area contributed by atoms with Gasteiger partial charge in [-0.2, -0.15) is 0 Å². The molecule has 0 aliphatic carbocycles. The zero-order valence-electron chi connectivity index (χ0n) is 6.91. The van der Waals surface area contributed by atoms with E-state index in [9.17, 15) is 13.6 Å². The quantitative estimate of drug-likeness (QED) is 0.669. The van der Waals surface area contributed by atoms with Crippen LogP contribution in [0, 0.1) is 0 Å². The number of halogens is 2. The lowest BCUT2D eigenvalue weighted by atomic mass is 10.6. The van der Waals surface area contributed by atoms with E-state index in [1.807, 2.05) is 0 Å². The van der Waals surface area contributed by atoms with E-state index >= 15 is 0 Å². The number of aromatic nitrogens is 2. The third-order valence-electron chi connectivity index (χ3n) is 1.19. The highest BCUT2D eigenvalue weighted by molar-refractivity contribution is 5.68. The average Bonchev–Trinajstić information content (AvgIpc) is 2.33. The van der Waals surface area contributed by atoms with Crippen LogP contribution in [0.25, 0.3) is 0 Å². The molecule has 0 bridgehead atoms. The van der Waals surface area contributed by atoms with Crippen molar-refractivity contribution in [3.63, 3.8) is 0 Å². The number of carbonyl (C=O) groups excluding carboxylic acids is 1. The fourth-order valence-electron chi connectivity index (χ4n) is 0.788. The predicted molar refractivity (Wildman–Crippen MR) is 39.5 cm³/mol. The highest BCUT2D eigenvalue weighted by Crippen LogP contribution is 2.07. The molecule has 6 heteroatoms. The van der Waals surface area contributed by atoms with Crippen LogP contribution in [0.3, 0.4) is 0 Å². The first kappa shape index (κ1) is 9.63. The van der Waals surface area contributed by atoms with E-state index in [1.54, 1.807) is 0 Å². The van der Waals surface area contributed by atoms with E-state index in [4.69, 9.17) is 0 Å². The lowest BCUT2D eigenvalue weighted by Gasteiger charge is -1.98. The maximum Gasteiger partial charge on any atom is 0.309 e. The molecule has 0 spiro atoms. The van der Waals surface area contributed by atoms with E-state index in [0.29, 0.717) is 0 Å². The van der Waals surface area contributed by atoms with Gasteiger partial charge in [0.1, 0.15) is 6.54 Å². The largest absolute Gasteiger partial charge is 0.406 e. The van der Waals surface area contributed by atoms with Crippen LogP contribution in [0.2, 0.25) is 0 Å². The second-order valence-corrected chi connectivity index (χ2v) is 2.36. The number of carbonyl (C=O) groups is 1. The first-order valence-corrected chi connectivity index (χ1v) is 3.58. The van der Waals surface area contributed by atoms with Crippen LogP contribution in [-0.4, -0.2) is 22.2 Å². The summed E-state index contributed by atoms with van der Waals surface area (Å²) in [5, 5.41) is 3.58. The number of rotatable bonds is 3. The Morgan fingerprint density at radius 3 is 3.00 bits per heavy atom. The normalized spacial score (nSPS) is 10.5. The summed E-state index contributed by atoms with van der Waals surface area (Å²) in [5.74, 6) is -0.490. The summed E-state index contributed by atoms with van der Waals surface area (Å²) in [4.78, 5) is 10.4. The van der Waals surface area contributed by atoms with Crippen LogP contribution in [-0.2, 0) is 11.3 Å². The predicted octanol–water partition coefficient (Wildman–Crippen LogP) is 1.07. The molecule has 0 aliphatic rings. The Labute approximate surface area is 73.1 Å². The molecule has 13 heavy (non-hydrogen) atoms. The van der Waals surface area contributed by atoms with Crippen molar-refractivity contribution in [1.29, 1.82) is 0 Å². The zero-order valence-corrected chi connectivity index (χ0v) is 6.91. The van der Waals surface area contributed by atoms with Gasteiger partial charge in [-0.25, -0.2) is 8.78 Å². The fourth-order valence-corrected chi connectivity index (χ4v) is 0.788. The molecule has 0 aromatic carbocycles. The molecular formula is C7H8F2N2O2. The molecule has 1 rings (SSSR count). The molecule has 0 fully saturated rings. The molecule has 0 amide bonds. The molecule has 0 saturated heterocycles. The first-order valence-electron chi connectivity index (χ1n) is 3.58. The summed E-state index contributed by atoms with van der Waals surface area (Å²) < 4.78 is 29.2. The van der Waals surface area contributed by atoms with Crippen molar-refractivity contribution < 1.29 is 18.3 Å². The fraction of sp³-hybridized carbons (Fsp3) is 0.429. The summed E-state index contributed by atoms with van der Waals surface area (Å²) in [6, 6.07) is 1.35. The van der Waals surface area contributed by atoms with Gasteiger partial charge in [0.05, 0.1) is 0 Å². The molecule has 1 aromatic rings. The van der Waals surface area contributed by atoms with Crippen molar-refractivity contribution in [2.75, 3.05) is 0 Å². The SMILES string of the molecule is CC(=O)Oc1ccn(CC(F)F)n1. The van der Waals surface area contributed by atoms with Crippen molar-refractivity contribution in [2.45, 2.75) is 19.9 Å². The zero-order chi connectivity index (χ0) is 9.84. The van der Waals surface area contributed by atoms with Crippen molar-refractivity contribution in [2.24, 2.45) is 0 Å². The molecule has 1 heterocycles. The van der Waals surface area contributed by atoms with Gasteiger partial charge in [-0.05, 0) is 0 Å². The molecule has 0 N–H and O–H groups in total.